The lowest BCUT2D eigenvalue weighted by atomic mass is 10.2. The molecule has 5 heteroatoms. The van der Waals surface area contributed by atoms with E-state index in [-0.39, 0.29) is 12.4 Å². The highest BCUT2D eigenvalue weighted by atomic mass is 79.9. The van der Waals surface area contributed by atoms with Crippen molar-refractivity contribution in [1.82, 2.24) is 9.97 Å². The first-order valence-corrected chi connectivity index (χ1v) is 6.14. The van der Waals surface area contributed by atoms with Crippen LogP contribution in [0, 0.1) is 0 Å². The van der Waals surface area contributed by atoms with Gasteiger partial charge in [0.1, 0.15) is 6.61 Å². The molecule has 0 saturated carbocycles. The number of hydrogen-bond acceptors (Lipinski definition) is 4. The molecule has 0 atom stereocenters. The van der Waals surface area contributed by atoms with Gasteiger partial charge in [-0.3, -0.25) is 4.79 Å². The van der Waals surface area contributed by atoms with Crippen LogP contribution in [0.3, 0.4) is 0 Å². The van der Waals surface area contributed by atoms with Crippen molar-refractivity contribution in [3.05, 3.63) is 41.1 Å². The molecule has 0 saturated heterocycles. The van der Waals surface area contributed by atoms with Crippen LogP contribution in [0.15, 0.2) is 41.1 Å². The average molecular weight is 307 g/mol. The summed E-state index contributed by atoms with van der Waals surface area (Å²) in [4.78, 5) is 19.2. The van der Waals surface area contributed by atoms with E-state index in [9.17, 15) is 4.79 Å². The van der Waals surface area contributed by atoms with E-state index >= 15 is 0 Å². The lowest BCUT2D eigenvalue weighted by Gasteiger charge is -2.04. The first-order valence-electron chi connectivity index (χ1n) is 5.35. The predicted molar refractivity (Wildman–Crippen MR) is 71.3 cm³/mol. The molecule has 4 nitrogen and oxygen atoms in total. The van der Waals surface area contributed by atoms with Crippen molar-refractivity contribution >= 4 is 21.7 Å². The zero-order valence-electron chi connectivity index (χ0n) is 9.76. The lowest BCUT2D eigenvalue weighted by molar-refractivity contribution is -0.118. The van der Waals surface area contributed by atoms with Crippen LogP contribution < -0.4 is 4.74 Å². The molecule has 92 valence electrons. The van der Waals surface area contributed by atoms with Gasteiger partial charge in [0.2, 0.25) is 0 Å². The summed E-state index contributed by atoms with van der Waals surface area (Å²) in [5, 5.41) is 0. The Kier molecular flexibility index (Phi) is 4.04. The molecular formula is C13H11BrN2O2. The van der Waals surface area contributed by atoms with Gasteiger partial charge < -0.3 is 4.74 Å². The maximum atomic E-state index is 10.8. The van der Waals surface area contributed by atoms with E-state index < -0.39 is 0 Å². The van der Waals surface area contributed by atoms with Crippen LogP contribution in [0.1, 0.15) is 6.92 Å². The van der Waals surface area contributed by atoms with Crippen molar-refractivity contribution in [3.63, 3.8) is 0 Å². The highest BCUT2D eigenvalue weighted by Crippen LogP contribution is 2.20. The Bertz CT molecular complexity index is 555. The van der Waals surface area contributed by atoms with Gasteiger partial charge in [-0.2, -0.15) is 0 Å². The molecule has 0 aliphatic rings. The van der Waals surface area contributed by atoms with Gasteiger partial charge in [-0.25, -0.2) is 9.97 Å². The van der Waals surface area contributed by atoms with Gasteiger partial charge in [-0.15, -0.1) is 0 Å². The van der Waals surface area contributed by atoms with Crippen LogP contribution in [0.2, 0.25) is 0 Å². The first-order chi connectivity index (χ1) is 8.65. The molecule has 0 spiro atoms. The summed E-state index contributed by atoms with van der Waals surface area (Å²) in [5.41, 5.74) is 0.919. The summed E-state index contributed by atoms with van der Waals surface area (Å²) < 4.78 is 6.17. The van der Waals surface area contributed by atoms with Crippen molar-refractivity contribution in [2.45, 2.75) is 6.92 Å². The molecule has 1 aromatic carbocycles. The summed E-state index contributed by atoms with van der Waals surface area (Å²) in [7, 11) is 0. The van der Waals surface area contributed by atoms with E-state index in [2.05, 4.69) is 25.9 Å². The fourth-order valence-corrected chi connectivity index (χ4v) is 1.75. The highest BCUT2D eigenvalue weighted by Gasteiger charge is 2.03. The Morgan fingerprint density at radius 1 is 1.33 bits per heavy atom. The van der Waals surface area contributed by atoms with Crippen LogP contribution in [0.5, 0.6) is 5.75 Å². The fraction of sp³-hybridized carbons (Fsp3) is 0.154. The van der Waals surface area contributed by atoms with E-state index in [1.807, 2.05) is 24.3 Å². The minimum Gasteiger partial charge on any atom is -0.483 e. The summed E-state index contributed by atoms with van der Waals surface area (Å²) in [5.74, 6) is 1.07. The molecular weight excluding hydrogens is 296 g/mol. The van der Waals surface area contributed by atoms with Crippen molar-refractivity contribution in [1.29, 1.82) is 0 Å². The molecule has 0 radical (unpaired) electrons. The Morgan fingerprint density at radius 3 is 2.67 bits per heavy atom. The fourth-order valence-electron chi connectivity index (χ4n) is 1.35. The van der Waals surface area contributed by atoms with Crippen molar-refractivity contribution in [3.8, 4) is 17.1 Å². The summed E-state index contributed by atoms with van der Waals surface area (Å²) in [6, 6.07) is 7.72. The summed E-state index contributed by atoms with van der Waals surface area (Å²) in [6.07, 6.45) is 3.12. The topological polar surface area (TPSA) is 52.1 Å². The third-order valence-electron chi connectivity index (χ3n) is 2.15. The average Bonchev–Trinajstić information content (AvgIpc) is 2.37. The van der Waals surface area contributed by atoms with E-state index in [0.717, 1.165) is 10.0 Å². The quantitative estimate of drug-likeness (QED) is 0.871. The van der Waals surface area contributed by atoms with Crippen molar-refractivity contribution < 1.29 is 9.53 Å². The zero-order chi connectivity index (χ0) is 13.0. The number of nitrogens with zero attached hydrogens (tertiary/aromatic N) is 2. The largest absolute Gasteiger partial charge is 0.483 e. The molecule has 1 aromatic heterocycles. The third-order valence-corrected chi connectivity index (χ3v) is 2.65. The van der Waals surface area contributed by atoms with E-state index in [1.54, 1.807) is 12.4 Å². The molecule has 0 amide bonds. The smallest absolute Gasteiger partial charge is 0.167 e. The maximum absolute atomic E-state index is 10.8. The molecule has 0 aliphatic heterocycles. The van der Waals surface area contributed by atoms with E-state index in [1.165, 1.54) is 6.92 Å². The van der Waals surface area contributed by atoms with Crippen LogP contribution in [0.25, 0.3) is 11.4 Å². The molecule has 18 heavy (non-hydrogen) atoms. The standard InChI is InChI=1S/C13H11BrN2O2/c1-9(17)8-18-12-6-15-13(16-7-12)10-3-2-4-11(14)5-10/h2-7H,8H2,1H3. The minimum absolute atomic E-state index is 0.0360. The third kappa shape index (κ3) is 3.37. The molecule has 0 aliphatic carbocycles. The monoisotopic (exact) mass is 306 g/mol. The number of carbonyl (C=O) groups excluding carboxylic acids is 1. The van der Waals surface area contributed by atoms with Crippen LogP contribution in [0.4, 0.5) is 0 Å². The van der Waals surface area contributed by atoms with E-state index in [0.29, 0.717) is 11.6 Å². The normalized spacial score (nSPS) is 10.1. The predicted octanol–water partition coefficient (Wildman–Crippen LogP) is 2.87. The van der Waals surface area contributed by atoms with Gasteiger partial charge in [0.05, 0.1) is 12.4 Å². The Morgan fingerprint density at radius 2 is 2.06 bits per heavy atom. The summed E-state index contributed by atoms with van der Waals surface area (Å²) in [6.45, 7) is 1.51. The van der Waals surface area contributed by atoms with Gasteiger partial charge in [-0.05, 0) is 19.1 Å². The maximum Gasteiger partial charge on any atom is 0.167 e. The number of aromatic nitrogens is 2. The Balaban J connectivity index is 2.14. The number of hydrogen-bond donors (Lipinski definition) is 0. The SMILES string of the molecule is CC(=O)COc1cnc(-c2cccc(Br)c2)nc1. The van der Waals surface area contributed by atoms with E-state index in [4.69, 9.17) is 4.74 Å². The van der Waals surface area contributed by atoms with Crippen LogP contribution in [-0.4, -0.2) is 22.4 Å². The van der Waals surface area contributed by atoms with Gasteiger partial charge in [0.15, 0.2) is 17.4 Å². The number of ether oxygens (including phenoxy) is 1. The Labute approximate surface area is 113 Å². The molecule has 0 unspecified atom stereocenters. The molecule has 0 bridgehead atoms. The summed E-state index contributed by atoms with van der Waals surface area (Å²) >= 11 is 3.40. The number of carbonyl (C=O) groups is 1. The number of halogens is 1. The van der Waals surface area contributed by atoms with Gasteiger partial charge in [-0.1, -0.05) is 28.1 Å². The van der Waals surface area contributed by atoms with Gasteiger partial charge in [0.25, 0.3) is 0 Å². The minimum atomic E-state index is -0.0360. The number of Topliss-reactive ketones (excluding diaryl/α,β-unsaturated/α-hetero) is 1. The number of ketones is 1. The zero-order valence-corrected chi connectivity index (χ0v) is 11.3. The number of rotatable bonds is 4. The van der Waals surface area contributed by atoms with Crippen molar-refractivity contribution in [2.75, 3.05) is 6.61 Å². The highest BCUT2D eigenvalue weighted by molar-refractivity contribution is 9.10. The second kappa shape index (κ2) is 5.73. The van der Waals surface area contributed by atoms with Gasteiger partial charge in [0, 0.05) is 10.0 Å². The molecule has 0 N–H and O–H groups in total. The lowest BCUT2D eigenvalue weighted by Crippen LogP contribution is -2.07. The van der Waals surface area contributed by atoms with Gasteiger partial charge >= 0.3 is 0 Å². The molecule has 0 fully saturated rings. The molecule has 1 heterocycles. The second-order valence-electron chi connectivity index (χ2n) is 3.74. The van der Waals surface area contributed by atoms with Crippen LogP contribution in [-0.2, 0) is 4.79 Å². The van der Waals surface area contributed by atoms with Crippen molar-refractivity contribution in [2.24, 2.45) is 0 Å². The first kappa shape index (κ1) is 12.7. The Hall–Kier alpha value is -1.75. The van der Waals surface area contributed by atoms with Crippen LogP contribution >= 0.6 is 15.9 Å². The second-order valence-corrected chi connectivity index (χ2v) is 4.66. The molecule has 2 rings (SSSR count). The number of benzene rings is 1. The molecule has 2 aromatic rings.